The summed E-state index contributed by atoms with van der Waals surface area (Å²) in [6, 6.07) is 7.00. The van der Waals surface area contributed by atoms with Gasteiger partial charge in [-0.15, -0.1) is 11.3 Å². The molecule has 0 aliphatic rings. The van der Waals surface area contributed by atoms with E-state index in [1.807, 2.05) is 0 Å². The molecule has 1 heterocycles. The van der Waals surface area contributed by atoms with E-state index >= 15 is 0 Å². The molecule has 2 rings (SSSR count). The van der Waals surface area contributed by atoms with E-state index in [4.69, 9.17) is 16.7 Å². The van der Waals surface area contributed by atoms with Gasteiger partial charge in [0.15, 0.2) is 5.69 Å². The van der Waals surface area contributed by atoms with Crippen molar-refractivity contribution in [2.24, 2.45) is 0 Å². The molecule has 0 atom stereocenters. The van der Waals surface area contributed by atoms with E-state index in [1.54, 1.807) is 24.3 Å². The first kappa shape index (κ1) is 10.9. The highest BCUT2D eigenvalue weighted by Gasteiger charge is 2.13. The van der Waals surface area contributed by atoms with Gasteiger partial charge >= 0.3 is 5.97 Å². The van der Waals surface area contributed by atoms with E-state index in [2.05, 4.69) is 10.3 Å². The van der Waals surface area contributed by atoms with Crippen LogP contribution < -0.4 is 5.32 Å². The average Bonchev–Trinajstić information content (AvgIpc) is 2.69. The highest BCUT2D eigenvalue weighted by molar-refractivity contribution is 7.14. The van der Waals surface area contributed by atoms with Crippen LogP contribution in [-0.2, 0) is 0 Å². The van der Waals surface area contributed by atoms with Gasteiger partial charge < -0.3 is 10.4 Å². The molecule has 0 bridgehead atoms. The molecular formula is C10H7ClN2O2S. The van der Waals surface area contributed by atoms with Gasteiger partial charge in [-0.3, -0.25) is 0 Å². The van der Waals surface area contributed by atoms with Gasteiger partial charge in [0.2, 0.25) is 0 Å². The topological polar surface area (TPSA) is 62.2 Å². The lowest BCUT2D eigenvalue weighted by Gasteiger charge is -2.03. The number of thiazole rings is 1. The van der Waals surface area contributed by atoms with E-state index in [1.165, 1.54) is 16.8 Å². The van der Waals surface area contributed by atoms with Crippen molar-refractivity contribution in [2.45, 2.75) is 0 Å². The molecule has 2 aromatic rings. The van der Waals surface area contributed by atoms with E-state index < -0.39 is 5.97 Å². The quantitative estimate of drug-likeness (QED) is 0.883. The van der Waals surface area contributed by atoms with Gasteiger partial charge in [-0.05, 0) is 24.3 Å². The number of carbonyl (C=O) groups is 1. The second-order valence-electron chi connectivity index (χ2n) is 2.97. The minimum Gasteiger partial charge on any atom is -0.476 e. The highest BCUT2D eigenvalue weighted by atomic mass is 35.5. The van der Waals surface area contributed by atoms with E-state index in [0.29, 0.717) is 10.0 Å². The molecule has 1 aromatic heterocycles. The standard InChI is InChI=1S/C10H7ClN2O2S/c11-6-1-3-7(4-2-6)13-9-8(10(14)15)12-5-16-9/h1-5,13H,(H,14,15). The maximum atomic E-state index is 10.8. The Labute approximate surface area is 101 Å². The van der Waals surface area contributed by atoms with Crippen molar-refractivity contribution in [1.82, 2.24) is 4.98 Å². The summed E-state index contributed by atoms with van der Waals surface area (Å²) < 4.78 is 0. The number of anilines is 2. The van der Waals surface area contributed by atoms with Gasteiger partial charge in [0.25, 0.3) is 0 Å². The summed E-state index contributed by atoms with van der Waals surface area (Å²) >= 11 is 6.98. The molecule has 0 saturated heterocycles. The number of carboxylic acids is 1. The summed E-state index contributed by atoms with van der Waals surface area (Å²) in [4.78, 5) is 14.6. The van der Waals surface area contributed by atoms with Crippen molar-refractivity contribution < 1.29 is 9.90 Å². The predicted octanol–water partition coefficient (Wildman–Crippen LogP) is 3.24. The van der Waals surface area contributed by atoms with E-state index in [-0.39, 0.29) is 5.69 Å². The molecule has 2 N–H and O–H groups in total. The molecule has 1 aromatic carbocycles. The predicted molar refractivity (Wildman–Crippen MR) is 63.8 cm³/mol. The number of carboxylic acid groups (broad SMARTS) is 1. The fraction of sp³-hybridized carbons (Fsp3) is 0. The van der Waals surface area contributed by atoms with Crippen molar-refractivity contribution in [2.75, 3.05) is 5.32 Å². The van der Waals surface area contributed by atoms with Crippen LogP contribution in [-0.4, -0.2) is 16.1 Å². The van der Waals surface area contributed by atoms with Crippen LogP contribution in [0.3, 0.4) is 0 Å². The zero-order valence-electron chi connectivity index (χ0n) is 7.98. The Morgan fingerprint density at radius 2 is 2.06 bits per heavy atom. The molecule has 6 heteroatoms. The number of benzene rings is 1. The monoisotopic (exact) mass is 254 g/mol. The third-order valence-electron chi connectivity index (χ3n) is 1.87. The molecule has 0 radical (unpaired) electrons. The number of nitrogens with zero attached hydrogens (tertiary/aromatic N) is 1. The number of hydrogen-bond donors (Lipinski definition) is 2. The molecule has 4 nitrogen and oxygen atoms in total. The van der Waals surface area contributed by atoms with Gasteiger partial charge in [-0.1, -0.05) is 11.6 Å². The zero-order valence-corrected chi connectivity index (χ0v) is 9.55. The Bertz CT molecular complexity index is 510. The summed E-state index contributed by atoms with van der Waals surface area (Å²) in [6.07, 6.45) is 0. The normalized spacial score (nSPS) is 10.1. The highest BCUT2D eigenvalue weighted by Crippen LogP contribution is 2.25. The van der Waals surface area contributed by atoms with Crippen LogP contribution in [0.2, 0.25) is 5.02 Å². The van der Waals surface area contributed by atoms with Crippen molar-refractivity contribution in [3.63, 3.8) is 0 Å². The molecule has 0 fully saturated rings. The van der Waals surface area contributed by atoms with Crippen LogP contribution in [0, 0.1) is 0 Å². The number of rotatable bonds is 3. The summed E-state index contributed by atoms with van der Waals surface area (Å²) in [5.74, 6) is -1.04. The summed E-state index contributed by atoms with van der Waals surface area (Å²) in [6.45, 7) is 0. The third-order valence-corrected chi connectivity index (χ3v) is 2.87. The van der Waals surface area contributed by atoms with Crippen LogP contribution in [0.15, 0.2) is 29.8 Å². The first-order valence-corrected chi connectivity index (χ1v) is 5.62. The molecule has 82 valence electrons. The van der Waals surface area contributed by atoms with Crippen LogP contribution in [0.25, 0.3) is 0 Å². The maximum Gasteiger partial charge on any atom is 0.357 e. The van der Waals surface area contributed by atoms with Crippen molar-refractivity contribution in [3.05, 3.63) is 40.5 Å². The van der Waals surface area contributed by atoms with Crippen molar-refractivity contribution in [1.29, 1.82) is 0 Å². The van der Waals surface area contributed by atoms with E-state index in [9.17, 15) is 4.79 Å². The smallest absolute Gasteiger partial charge is 0.357 e. The maximum absolute atomic E-state index is 10.8. The second-order valence-corrected chi connectivity index (χ2v) is 4.26. The lowest BCUT2D eigenvalue weighted by atomic mass is 10.3. The van der Waals surface area contributed by atoms with Crippen LogP contribution in [0.4, 0.5) is 10.7 Å². The number of hydrogen-bond acceptors (Lipinski definition) is 4. The van der Waals surface area contributed by atoms with Crippen molar-refractivity contribution >= 4 is 39.6 Å². The molecule has 0 aliphatic heterocycles. The third kappa shape index (κ3) is 2.32. The number of aromatic nitrogens is 1. The number of halogens is 1. The van der Waals surface area contributed by atoms with Gasteiger partial charge in [0.1, 0.15) is 5.00 Å². The first-order valence-electron chi connectivity index (χ1n) is 4.36. The first-order chi connectivity index (χ1) is 7.66. The molecule has 16 heavy (non-hydrogen) atoms. The lowest BCUT2D eigenvalue weighted by Crippen LogP contribution is -2.00. The number of nitrogens with one attached hydrogen (secondary N) is 1. The van der Waals surface area contributed by atoms with Gasteiger partial charge in [0.05, 0.1) is 5.51 Å². The average molecular weight is 255 g/mol. The Morgan fingerprint density at radius 3 is 2.69 bits per heavy atom. The Morgan fingerprint density at radius 1 is 1.38 bits per heavy atom. The number of aromatic carboxylic acids is 1. The van der Waals surface area contributed by atoms with Crippen molar-refractivity contribution in [3.8, 4) is 0 Å². The second kappa shape index (κ2) is 4.51. The fourth-order valence-electron chi connectivity index (χ4n) is 1.15. The Kier molecular flexibility index (Phi) is 3.07. The lowest BCUT2D eigenvalue weighted by molar-refractivity contribution is 0.0692. The molecule has 0 aliphatic carbocycles. The van der Waals surface area contributed by atoms with Crippen LogP contribution in [0.1, 0.15) is 10.5 Å². The minimum atomic E-state index is -1.04. The van der Waals surface area contributed by atoms with E-state index in [0.717, 1.165) is 5.69 Å². The SMILES string of the molecule is O=C(O)c1ncsc1Nc1ccc(Cl)cc1. The minimum absolute atomic E-state index is 0.0277. The molecular weight excluding hydrogens is 248 g/mol. The fourth-order valence-corrected chi connectivity index (χ4v) is 1.97. The summed E-state index contributed by atoms with van der Waals surface area (Å²) in [5, 5.41) is 13.0. The summed E-state index contributed by atoms with van der Waals surface area (Å²) in [7, 11) is 0. The van der Waals surface area contributed by atoms with Gasteiger partial charge in [-0.25, -0.2) is 9.78 Å². The molecule has 0 amide bonds. The zero-order chi connectivity index (χ0) is 11.5. The van der Waals surface area contributed by atoms with Crippen LogP contribution >= 0.6 is 22.9 Å². The summed E-state index contributed by atoms with van der Waals surface area (Å²) in [5.41, 5.74) is 2.29. The molecule has 0 saturated carbocycles. The molecule has 0 unspecified atom stereocenters. The van der Waals surface area contributed by atoms with Gasteiger partial charge in [-0.2, -0.15) is 0 Å². The largest absolute Gasteiger partial charge is 0.476 e. The Balaban J connectivity index is 2.23. The Hall–Kier alpha value is -1.59. The van der Waals surface area contributed by atoms with Gasteiger partial charge in [0, 0.05) is 10.7 Å². The molecule has 0 spiro atoms. The van der Waals surface area contributed by atoms with Crippen LogP contribution in [0.5, 0.6) is 0 Å².